The van der Waals surface area contributed by atoms with Gasteiger partial charge >= 0.3 is 0 Å². The lowest BCUT2D eigenvalue weighted by Gasteiger charge is -2.34. The average Bonchev–Trinajstić information content (AvgIpc) is 3.50. The number of hydrogen-bond acceptors (Lipinski definition) is 5. The van der Waals surface area contributed by atoms with Gasteiger partial charge in [0, 0.05) is 49.0 Å². The summed E-state index contributed by atoms with van der Waals surface area (Å²) in [5, 5.41) is 4.03. The van der Waals surface area contributed by atoms with Crippen molar-refractivity contribution in [2.75, 3.05) is 18.5 Å². The summed E-state index contributed by atoms with van der Waals surface area (Å²) in [6.45, 7) is 8.08. The molecule has 1 spiro atoms. The number of benzene rings is 2. The summed E-state index contributed by atoms with van der Waals surface area (Å²) in [5.74, 6) is 0.843. The van der Waals surface area contributed by atoms with Crippen molar-refractivity contribution in [1.82, 2.24) is 14.9 Å². The average molecular weight is 561 g/mol. The second kappa shape index (κ2) is 10.3. The molecule has 7 rings (SSSR count). The zero-order valence-electron chi connectivity index (χ0n) is 24.4. The summed E-state index contributed by atoms with van der Waals surface area (Å²) in [6, 6.07) is 16.9. The van der Waals surface area contributed by atoms with Crippen molar-refractivity contribution >= 4 is 28.5 Å². The number of amides is 2. The first-order valence-corrected chi connectivity index (χ1v) is 14.9. The lowest BCUT2D eigenvalue weighted by atomic mass is 9.79. The summed E-state index contributed by atoms with van der Waals surface area (Å²) < 4.78 is 5.56. The molecular weight excluding hydrogens is 524 g/mol. The van der Waals surface area contributed by atoms with Crippen LogP contribution < -0.4 is 5.32 Å². The van der Waals surface area contributed by atoms with Crippen LogP contribution in [0.4, 0.5) is 5.82 Å². The van der Waals surface area contributed by atoms with Gasteiger partial charge in [0.15, 0.2) is 0 Å². The van der Waals surface area contributed by atoms with Crippen molar-refractivity contribution in [1.29, 1.82) is 0 Å². The molecule has 1 aliphatic carbocycles. The van der Waals surface area contributed by atoms with Crippen LogP contribution in [0, 0.1) is 19.8 Å². The van der Waals surface area contributed by atoms with Crippen LogP contribution in [-0.2, 0) is 39.1 Å². The fourth-order valence-electron chi connectivity index (χ4n) is 7.24. The lowest BCUT2D eigenvalue weighted by molar-refractivity contribution is -0.141. The molecule has 4 aromatic rings. The summed E-state index contributed by atoms with van der Waals surface area (Å²) in [5.41, 5.74) is 8.15. The molecule has 2 amide bonds. The Labute approximate surface area is 246 Å². The maximum Gasteiger partial charge on any atom is 0.237 e. The second-order valence-corrected chi connectivity index (χ2v) is 12.4. The molecule has 0 saturated carbocycles. The molecule has 214 valence electrons. The van der Waals surface area contributed by atoms with Crippen LogP contribution in [-0.4, -0.2) is 39.9 Å². The van der Waals surface area contributed by atoms with Crippen molar-refractivity contribution < 1.29 is 14.3 Å². The normalized spacial score (nSPS) is 20.4. The quantitative estimate of drug-likeness (QED) is 0.336. The fourth-order valence-corrected chi connectivity index (χ4v) is 7.24. The first-order chi connectivity index (χ1) is 20.3. The molecule has 1 N–H and O–H groups in total. The highest BCUT2D eigenvalue weighted by atomic mass is 16.5. The third-order valence-electron chi connectivity index (χ3n) is 9.43. The number of anilines is 1. The highest BCUT2D eigenvalue weighted by molar-refractivity contribution is 6.06. The number of aryl methyl sites for hydroxylation is 2. The smallest absolute Gasteiger partial charge is 0.237 e. The van der Waals surface area contributed by atoms with Crippen LogP contribution in [0.2, 0.25) is 0 Å². The molecule has 0 radical (unpaired) electrons. The van der Waals surface area contributed by atoms with Gasteiger partial charge in [-0.2, -0.15) is 0 Å². The molecule has 2 aliphatic heterocycles. The van der Waals surface area contributed by atoms with Gasteiger partial charge in [-0.25, -0.2) is 4.98 Å². The Morgan fingerprint density at radius 2 is 1.79 bits per heavy atom. The molecule has 7 heteroatoms. The minimum atomic E-state index is -0.611. The Bertz CT molecular complexity index is 1710. The summed E-state index contributed by atoms with van der Waals surface area (Å²) in [4.78, 5) is 38.5. The van der Waals surface area contributed by atoms with Crippen LogP contribution in [0.5, 0.6) is 0 Å². The third-order valence-corrected chi connectivity index (χ3v) is 9.43. The van der Waals surface area contributed by atoms with E-state index in [0.717, 1.165) is 46.0 Å². The molecule has 4 heterocycles. The first-order valence-electron chi connectivity index (χ1n) is 14.9. The SMILES string of the molecule is Cc1cc(C)cc([C@@H](C)N(Cc2cnc3cc4c(cc3c2)C[C@@]2(C4)C(=O)Nc3ncccc32)C(=O)C2CCOCC2)c1. The molecule has 7 nitrogen and oxygen atoms in total. The number of nitrogens with one attached hydrogen (secondary N) is 1. The molecule has 1 fully saturated rings. The van der Waals surface area contributed by atoms with E-state index >= 15 is 0 Å². The summed E-state index contributed by atoms with van der Waals surface area (Å²) in [6.07, 6.45) is 6.42. The maximum absolute atomic E-state index is 14.0. The highest BCUT2D eigenvalue weighted by Crippen LogP contribution is 2.47. The van der Waals surface area contributed by atoms with Crippen molar-refractivity contribution in [2.24, 2.45) is 5.92 Å². The van der Waals surface area contributed by atoms with Gasteiger partial charge < -0.3 is 15.0 Å². The van der Waals surface area contributed by atoms with Gasteiger partial charge in [-0.15, -0.1) is 0 Å². The Hall–Kier alpha value is -4.10. The van der Waals surface area contributed by atoms with Gasteiger partial charge in [-0.3, -0.25) is 14.6 Å². The van der Waals surface area contributed by atoms with Crippen LogP contribution in [0.1, 0.15) is 64.8 Å². The Balaban J connectivity index is 1.21. The molecule has 3 aliphatic rings. The molecule has 2 aromatic heterocycles. The minimum absolute atomic E-state index is 0.0211. The third kappa shape index (κ3) is 4.56. The van der Waals surface area contributed by atoms with E-state index in [2.05, 4.69) is 67.5 Å². The maximum atomic E-state index is 14.0. The van der Waals surface area contributed by atoms with E-state index in [0.29, 0.717) is 38.4 Å². The Morgan fingerprint density at radius 3 is 2.55 bits per heavy atom. The molecule has 42 heavy (non-hydrogen) atoms. The number of carbonyl (C=O) groups excluding carboxylic acids is 2. The number of carbonyl (C=O) groups is 2. The fraction of sp³-hybridized carbons (Fsp3) is 0.371. The van der Waals surface area contributed by atoms with E-state index < -0.39 is 5.41 Å². The largest absolute Gasteiger partial charge is 0.381 e. The number of pyridine rings is 2. The molecule has 2 aromatic carbocycles. The van der Waals surface area contributed by atoms with Crippen molar-refractivity contribution in [3.63, 3.8) is 0 Å². The predicted molar refractivity (Wildman–Crippen MR) is 162 cm³/mol. The second-order valence-electron chi connectivity index (χ2n) is 12.4. The van der Waals surface area contributed by atoms with Crippen LogP contribution in [0.25, 0.3) is 10.9 Å². The van der Waals surface area contributed by atoms with Gasteiger partial charge in [0.1, 0.15) is 5.82 Å². The van der Waals surface area contributed by atoms with E-state index in [-0.39, 0.29) is 23.8 Å². The van der Waals surface area contributed by atoms with E-state index in [9.17, 15) is 9.59 Å². The zero-order valence-corrected chi connectivity index (χ0v) is 24.4. The molecule has 1 saturated heterocycles. The summed E-state index contributed by atoms with van der Waals surface area (Å²) in [7, 11) is 0. The molecule has 0 bridgehead atoms. The minimum Gasteiger partial charge on any atom is -0.381 e. The van der Waals surface area contributed by atoms with E-state index in [4.69, 9.17) is 9.72 Å². The monoisotopic (exact) mass is 560 g/mol. The van der Waals surface area contributed by atoms with Gasteiger partial charge in [0.05, 0.1) is 17.0 Å². The number of ether oxygens (including phenoxy) is 1. The molecule has 0 unspecified atom stereocenters. The van der Waals surface area contributed by atoms with Gasteiger partial charge in [-0.1, -0.05) is 35.4 Å². The van der Waals surface area contributed by atoms with Crippen LogP contribution in [0.15, 0.2) is 60.9 Å². The Morgan fingerprint density at radius 1 is 1.05 bits per heavy atom. The molecule has 2 atom stereocenters. The molecular formula is C35H36N4O3. The summed E-state index contributed by atoms with van der Waals surface area (Å²) >= 11 is 0. The number of aromatic nitrogens is 2. The van der Waals surface area contributed by atoms with Crippen LogP contribution in [0.3, 0.4) is 0 Å². The predicted octanol–water partition coefficient (Wildman–Crippen LogP) is 5.75. The van der Waals surface area contributed by atoms with Crippen LogP contribution >= 0.6 is 0 Å². The van der Waals surface area contributed by atoms with Gasteiger partial charge in [-0.05, 0) is 93.0 Å². The highest BCUT2D eigenvalue weighted by Gasteiger charge is 2.51. The lowest BCUT2D eigenvalue weighted by Crippen LogP contribution is -2.39. The van der Waals surface area contributed by atoms with Crippen molar-refractivity contribution in [3.05, 3.63) is 99.9 Å². The number of rotatable bonds is 5. The van der Waals surface area contributed by atoms with E-state index in [1.807, 2.05) is 23.2 Å². The number of fused-ring (bicyclic) bond motifs is 4. The van der Waals surface area contributed by atoms with E-state index in [1.165, 1.54) is 16.7 Å². The van der Waals surface area contributed by atoms with Crippen molar-refractivity contribution in [2.45, 2.75) is 64.5 Å². The zero-order chi connectivity index (χ0) is 29.0. The van der Waals surface area contributed by atoms with Gasteiger partial charge in [0.2, 0.25) is 11.8 Å². The number of hydrogen-bond donors (Lipinski definition) is 1. The van der Waals surface area contributed by atoms with Crippen molar-refractivity contribution in [3.8, 4) is 0 Å². The van der Waals surface area contributed by atoms with Gasteiger partial charge in [0.25, 0.3) is 0 Å². The first kappa shape index (κ1) is 26.8. The number of nitrogens with zero attached hydrogens (tertiary/aromatic N) is 3. The standard InChI is InChI=1S/C35H36N4O3/c1-21-11-22(2)13-26(12-21)23(3)39(33(40)25-6-9-42-10-7-25)20-24-14-27-15-28-17-35(18-29(28)16-31(27)37-19-24)30-5-4-8-36-32(30)38-34(35)41/h4-5,8,11-16,19,23,25H,6-7,9-10,17-18,20H2,1-3H3,(H,36,38,41)/t23-,35+/m1/s1. The Kier molecular flexibility index (Phi) is 6.58. The topological polar surface area (TPSA) is 84.4 Å². The van der Waals surface area contributed by atoms with E-state index in [1.54, 1.807) is 6.20 Å².